The number of halogens is 2. The number of anilines is 1. The van der Waals surface area contributed by atoms with Crippen LogP contribution in [0, 0.1) is 0 Å². The Hall–Kier alpha value is -1.59. The maximum absolute atomic E-state index is 12.7. The first kappa shape index (κ1) is 14.4. The van der Waals surface area contributed by atoms with Gasteiger partial charge in [-0.15, -0.1) is 10.2 Å². The van der Waals surface area contributed by atoms with Crippen LogP contribution in [0.4, 0.5) is 5.95 Å². The fourth-order valence-corrected chi connectivity index (χ4v) is 2.89. The molecule has 1 heterocycles. The van der Waals surface area contributed by atoms with Gasteiger partial charge in [0, 0.05) is 7.05 Å². The van der Waals surface area contributed by atoms with Crippen LogP contribution in [0.5, 0.6) is 0 Å². The van der Waals surface area contributed by atoms with E-state index in [1.165, 1.54) is 0 Å². The third-order valence-electron chi connectivity index (χ3n) is 4.05. The zero-order valence-corrected chi connectivity index (χ0v) is 12.9. The van der Waals surface area contributed by atoms with Gasteiger partial charge in [0.05, 0.1) is 15.5 Å². The van der Waals surface area contributed by atoms with Gasteiger partial charge >= 0.3 is 0 Å². The molecule has 3 rings (SSSR count). The normalized spacial score (nSPS) is 16.3. The molecule has 1 amide bonds. The molecule has 0 atom stereocenters. The van der Waals surface area contributed by atoms with E-state index in [1.807, 2.05) is 6.07 Å². The Balaban J connectivity index is 1.91. The Morgan fingerprint density at radius 2 is 2.10 bits per heavy atom. The summed E-state index contributed by atoms with van der Waals surface area (Å²) in [5.74, 6) is 0.356. The minimum absolute atomic E-state index is 0.0803. The van der Waals surface area contributed by atoms with E-state index in [-0.39, 0.29) is 5.91 Å². The van der Waals surface area contributed by atoms with Crippen LogP contribution in [0.25, 0.3) is 0 Å². The van der Waals surface area contributed by atoms with Crippen molar-refractivity contribution in [2.24, 2.45) is 7.05 Å². The van der Waals surface area contributed by atoms with E-state index in [0.717, 1.165) is 24.8 Å². The van der Waals surface area contributed by atoms with Crippen LogP contribution in [0.15, 0.2) is 24.5 Å². The van der Waals surface area contributed by atoms with E-state index in [0.29, 0.717) is 16.0 Å². The van der Waals surface area contributed by atoms with Crippen LogP contribution >= 0.6 is 23.2 Å². The molecule has 1 aromatic heterocycles. The van der Waals surface area contributed by atoms with Crippen LogP contribution in [-0.4, -0.2) is 20.7 Å². The maximum atomic E-state index is 12.7. The second-order valence-corrected chi connectivity index (χ2v) is 6.10. The summed E-state index contributed by atoms with van der Waals surface area (Å²) in [6.45, 7) is 0. The van der Waals surface area contributed by atoms with Gasteiger partial charge in [-0.25, -0.2) is 0 Å². The molecule has 1 aliphatic rings. The summed E-state index contributed by atoms with van der Waals surface area (Å²) < 4.78 is 1.67. The van der Waals surface area contributed by atoms with Gasteiger partial charge in [-0.2, -0.15) is 0 Å². The van der Waals surface area contributed by atoms with Gasteiger partial charge < -0.3 is 4.57 Å². The van der Waals surface area contributed by atoms with Crippen LogP contribution < -0.4 is 5.32 Å². The lowest BCUT2D eigenvalue weighted by molar-refractivity contribution is -0.124. The quantitative estimate of drug-likeness (QED) is 0.943. The molecule has 1 saturated carbocycles. The SMILES string of the molecule is Cn1cnnc1NC(=O)C1(c2ccc(Cl)c(Cl)c2)CCC1. The number of hydrogen-bond acceptors (Lipinski definition) is 3. The van der Waals surface area contributed by atoms with Gasteiger partial charge in [-0.3, -0.25) is 10.1 Å². The summed E-state index contributed by atoms with van der Waals surface area (Å²) in [6.07, 6.45) is 4.12. The van der Waals surface area contributed by atoms with Gasteiger partial charge in [0.1, 0.15) is 6.33 Å². The lowest BCUT2D eigenvalue weighted by Crippen LogP contribution is -2.46. The smallest absolute Gasteiger partial charge is 0.237 e. The summed E-state index contributed by atoms with van der Waals surface area (Å²) in [5, 5.41) is 11.4. The van der Waals surface area contributed by atoms with Crippen molar-refractivity contribution >= 4 is 35.1 Å². The standard InChI is InChI=1S/C14H14Cl2N4O/c1-20-8-17-19-13(20)18-12(21)14(5-2-6-14)9-3-4-10(15)11(16)7-9/h3-4,7-8H,2,5-6H2,1H3,(H,18,19,21). The molecule has 2 aromatic rings. The van der Waals surface area contributed by atoms with E-state index in [9.17, 15) is 4.79 Å². The predicted octanol–water partition coefficient (Wildman–Crippen LogP) is 3.18. The van der Waals surface area contributed by atoms with E-state index in [1.54, 1.807) is 30.1 Å². The molecule has 21 heavy (non-hydrogen) atoms. The Bertz CT molecular complexity index is 694. The number of nitrogens with zero attached hydrogens (tertiary/aromatic N) is 3. The van der Waals surface area contributed by atoms with Crippen LogP contribution in [0.1, 0.15) is 24.8 Å². The lowest BCUT2D eigenvalue weighted by Gasteiger charge is -2.40. The third kappa shape index (κ3) is 2.40. The molecule has 0 spiro atoms. The number of carbonyl (C=O) groups is 1. The molecule has 0 aliphatic heterocycles. The molecule has 0 saturated heterocycles. The molecule has 1 fully saturated rings. The zero-order chi connectivity index (χ0) is 15.0. The van der Waals surface area contributed by atoms with Gasteiger partial charge in [0.2, 0.25) is 11.9 Å². The second-order valence-electron chi connectivity index (χ2n) is 5.28. The molecular weight excluding hydrogens is 311 g/mol. The minimum Gasteiger partial charge on any atom is -0.303 e. The number of amides is 1. The monoisotopic (exact) mass is 324 g/mol. The second kappa shape index (κ2) is 5.31. The first-order valence-corrected chi connectivity index (χ1v) is 7.39. The number of benzene rings is 1. The molecule has 1 aromatic carbocycles. The predicted molar refractivity (Wildman–Crippen MR) is 81.6 cm³/mol. The fourth-order valence-electron chi connectivity index (χ4n) is 2.59. The highest BCUT2D eigenvalue weighted by atomic mass is 35.5. The number of aryl methyl sites for hydroxylation is 1. The summed E-state index contributed by atoms with van der Waals surface area (Å²) in [7, 11) is 1.78. The van der Waals surface area contributed by atoms with Gasteiger partial charge in [0.25, 0.3) is 0 Å². The van der Waals surface area contributed by atoms with Crippen molar-refractivity contribution in [1.29, 1.82) is 0 Å². The highest BCUT2D eigenvalue weighted by Crippen LogP contribution is 2.45. The number of aromatic nitrogens is 3. The number of carbonyl (C=O) groups excluding carboxylic acids is 1. The first-order chi connectivity index (χ1) is 10.0. The topological polar surface area (TPSA) is 59.8 Å². The maximum Gasteiger partial charge on any atom is 0.237 e. The summed E-state index contributed by atoms with van der Waals surface area (Å²) in [5.41, 5.74) is 0.336. The molecule has 1 N–H and O–H groups in total. The minimum atomic E-state index is -0.555. The average molecular weight is 325 g/mol. The Morgan fingerprint density at radius 3 is 2.62 bits per heavy atom. The van der Waals surface area contributed by atoms with Crippen LogP contribution in [0.2, 0.25) is 10.0 Å². The first-order valence-electron chi connectivity index (χ1n) is 6.64. The van der Waals surface area contributed by atoms with Crippen molar-refractivity contribution in [3.63, 3.8) is 0 Å². The summed E-state index contributed by atoms with van der Waals surface area (Å²) in [4.78, 5) is 12.7. The van der Waals surface area contributed by atoms with Crippen molar-refractivity contribution < 1.29 is 4.79 Å². The molecule has 7 heteroatoms. The third-order valence-corrected chi connectivity index (χ3v) is 4.79. The molecular formula is C14H14Cl2N4O. The van der Waals surface area contributed by atoms with Crippen molar-refractivity contribution in [2.45, 2.75) is 24.7 Å². The van der Waals surface area contributed by atoms with Crippen LogP contribution in [-0.2, 0) is 17.3 Å². The van der Waals surface area contributed by atoms with Crippen molar-refractivity contribution in [2.75, 3.05) is 5.32 Å². The van der Waals surface area contributed by atoms with Crippen molar-refractivity contribution in [3.05, 3.63) is 40.1 Å². The lowest BCUT2D eigenvalue weighted by atomic mass is 9.64. The van der Waals surface area contributed by atoms with E-state index >= 15 is 0 Å². The van der Waals surface area contributed by atoms with Gasteiger partial charge in [0.15, 0.2) is 0 Å². The Morgan fingerprint density at radius 1 is 1.33 bits per heavy atom. The molecule has 0 unspecified atom stereocenters. The zero-order valence-electron chi connectivity index (χ0n) is 11.4. The number of nitrogens with one attached hydrogen (secondary N) is 1. The molecule has 1 aliphatic carbocycles. The number of hydrogen-bond donors (Lipinski definition) is 1. The van der Waals surface area contributed by atoms with Crippen molar-refractivity contribution in [1.82, 2.24) is 14.8 Å². The average Bonchev–Trinajstić information content (AvgIpc) is 2.78. The number of rotatable bonds is 3. The largest absolute Gasteiger partial charge is 0.303 e. The van der Waals surface area contributed by atoms with E-state index in [2.05, 4.69) is 15.5 Å². The van der Waals surface area contributed by atoms with Crippen LogP contribution in [0.3, 0.4) is 0 Å². The van der Waals surface area contributed by atoms with E-state index < -0.39 is 5.41 Å². The summed E-state index contributed by atoms with van der Waals surface area (Å²) in [6, 6.07) is 5.37. The van der Waals surface area contributed by atoms with Crippen molar-refractivity contribution in [3.8, 4) is 0 Å². The van der Waals surface area contributed by atoms with Gasteiger partial charge in [-0.1, -0.05) is 35.7 Å². The summed E-state index contributed by atoms with van der Waals surface area (Å²) >= 11 is 12.0. The highest BCUT2D eigenvalue weighted by molar-refractivity contribution is 6.42. The fraction of sp³-hybridized carbons (Fsp3) is 0.357. The Kier molecular flexibility index (Phi) is 3.63. The van der Waals surface area contributed by atoms with Gasteiger partial charge in [-0.05, 0) is 30.5 Å². The molecule has 0 bridgehead atoms. The highest BCUT2D eigenvalue weighted by Gasteiger charge is 2.46. The Labute approximate surface area is 132 Å². The molecule has 5 nitrogen and oxygen atoms in total. The molecule has 110 valence electrons. The van der Waals surface area contributed by atoms with E-state index in [4.69, 9.17) is 23.2 Å². The molecule has 0 radical (unpaired) electrons.